The van der Waals surface area contributed by atoms with Crippen LogP contribution in [0.25, 0.3) is 21.9 Å². The van der Waals surface area contributed by atoms with Gasteiger partial charge in [-0.3, -0.25) is 24.2 Å². The Bertz CT molecular complexity index is 2050. The van der Waals surface area contributed by atoms with Gasteiger partial charge in [0.1, 0.15) is 17.1 Å². The molecule has 3 heterocycles. The van der Waals surface area contributed by atoms with Crippen molar-refractivity contribution in [2.45, 2.75) is 91.0 Å². The molecule has 5 N–H and O–H groups in total. The lowest BCUT2D eigenvalue weighted by atomic mass is 10.1. The highest BCUT2D eigenvalue weighted by Crippen LogP contribution is 2.39. The SMILES string of the molecule is CCCCc1nc2c(N)nc3cc(CCCOCCCNC(=O)CCCC(=O)ON4C(=O)CCC4=O)ccc3c2n1Cc1ccc(OP(=O)(O)O)c(C)c1. The predicted molar refractivity (Wildman–Crippen MR) is 199 cm³/mol. The summed E-state index contributed by atoms with van der Waals surface area (Å²) in [7, 11) is -4.68. The molecule has 4 aromatic rings. The molecule has 1 fully saturated rings. The second kappa shape index (κ2) is 18.4. The number of imide groups is 1. The molecule has 1 saturated heterocycles. The molecule has 0 atom stereocenters. The Labute approximate surface area is 312 Å². The number of unbranched alkanes of at least 4 members (excludes halogenated alkanes) is 1. The number of amides is 3. The number of nitrogens with two attached hydrogens (primary N) is 1. The smallest absolute Gasteiger partial charge is 0.404 e. The maximum atomic E-state index is 12.1. The van der Waals surface area contributed by atoms with Crippen LogP contribution in [0.15, 0.2) is 36.4 Å². The molecule has 3 amide bonds. The number of nitrogens with one attached hydrogen (secondary N) is 1. The number of phosphoric acid groups is 1. The number of anilines is 1. The number of aromatic nitrogens is 3. The van der Waals surface area contributed by atoms with E-state index in [1.165, 1.54) is 0 Å². The maximum absolute atomic E-state index is 12.1. The Morgan fingerprint density at radius 1 is 0.944 bits per heavy atom. The van der Waals surface area contributed by atoms with E-state index in [9.17, 15) is 33.5 Å². The van der Waals surface area contributed by atoms with Crippen LogP contribution in [0.2, 0.25) is 0 Å². The highest BCUT2D eigenvalue weighted by atomic mass is 31.2. The van der Waals surface area contributed by atoms with Crippen LogP contribution in [0.3, 0.4) is 0 Å². The van der Waals surface area contributed by atoms with Crippen molar-refractivity contribution < 1.29 is 47.6 Å². The first-order chi connectivity index (χ1) is 25.8. The molecule has 16 nitrogen and oxygen atoms in total. The minimum atomic E-state index is -4.68. The third kappa shape index (κ3) is 10.8. The molecule has 17 heteroatoms. The molecule has 2 aromatic carbocycles. The average Bonchev–Trinajstić information content (AvgIpc) is 3.64. The number of phosphoric ester groups is 1. The topological polar surface area (TPSA) is 225 Å². The number of hydroxylamine groups is 2. The highest BCUT2D eigenvalue weighted by Gasteiger charge is 2.32. The van der Waals surface area contributed by atoms with Crippen LogP contribution in [0.1, 0.15) is 87.2 Å². The van der Waals surface area contributed by atoms with Crippen molar-refractivity contribution in [3.05, 3.63) is 58.9 Å². The number of pyridine rings is 1. The summed E-state index contributed by atoms with van der Waals surface area (Å²) >= 11 is 0. The third-order valence-electron chi connectivity index (χ3n) is 8.92. The van der Waals surface area contributed by atoms with Gasteiger partial charge in [0.15, 0.2) is 5.82 Å². The first-order valence-corrected chi connectivity index (χ1v) is 19.7. The van der Waals surface area contributed by atoms with Gasteiger partial charge in [-0.1, -0.05) is 37.6 Å². The highest BCUT2D eigenvalue weighted by molar-refractivity contribution is 7.46. The Morgan fingerprint density at radius 3 is 2.41 bits per heavy atom. The van der Waals surface area contributed by atoms with Crippen molar-refractivity contribution >= 4 is 59.3 Å². The van der Waals surface area contributed by atoms with E-state index >= 15 is 0 Å². The number of imidazole rings is 1. The van der Waals surface area contributed by atoms with Gasteiger partial charge in [-0.25, -0.2) is 19.3 Å². The molecule has 0 aliphatic carbocycles. The van der Waals surface area contributed by atoms with Crippen LogP contribution in [0.5, 0.6) is 5.75 Å². The zero-order valence-electron chi connectivity index (χ0n) is 30.5. The lowest BCUT2D eigenvalue weighted by Crippen LogP contribution is -2.32. The number of aryl methyl sites for hydroxylation is 3. The van der Waals surface area contributed by atoms with E-state index in [4.69, 9.17) is 29.8 Å². The molecule has 5 rings (SSSR count). The van der Waals surface area contributed by atoms with E-state index in [-0.39, 0.29) is 43.8 Å². The zero-order chi connectivity index (χ0) is 38.8. The van der Waals surface area contributed by atoms with Crippen LogP contribution < -0.4 is 15.6 Å². The second-order valence-corrected chi connectivity index (χ2v) is 14.4. The fraction of sp³-hybridized carbons (Fsp3) is 0.459. The minimum absolute atomic E-state index is 0.0285. The van der Waals surface area contributed by atoms with E-state index in [0.29, 0.717) is 54.7 Å². The number of benzene rings is 2. The molecule has 0 saturated carbocycles. The van der Waals surface area contributed by atoms with E-state index in [2.05, 4.69) is 22.9 Å². The first-order valence-electron chi connectivity index (χ1n) is 18.2. The predicted octanol–water partition coefficient (Wildman–Crippen LogP) is 4.57. The monoisotopic (exact) mass is 766 g/mol. The van der Waals surface area contributed by atoms with Gasteiger partial charge in [-0.15, -0.1) is 5.06 Å². The van der Waals surface area contributed by atoms with Gasteiger partial charge in [-0.05, 0) is 67.9 Å². The van der Waals surface area contributed by atoms with E-state index in [0.717, 1.165) is 65.5 Å². The number of fused-ring (bicyclic) bond motifs is 3. The number of rotatable bonds is 20. The van der Waals surface area contributed by atoms with Crippen LogP contribution >= 0.6 is 7.82 Å². The lowest BCUT2D eigenvalue weighted by Gasteiger charge is -2.14. The standard InChI is InChI=1S/C37H47N6O10P/c1-3-4-9-30-41-35-36(42(30)23-26-13-15-29(24(2)21-26)53-54(48,49)50)27-14-12-25(22-28(27)40-37(35)38)8-6-19-51-20-7-18-39-31(44)10-5-11-34(47)52-43-32(45)16-17-33(43)46/h12-15,21-22H,3-11,16-20,23H2,1-2H3,(H2,38,40)(H,39,44)(H2,48,49,50). The second-order valence-electron chi connectivity index (χ2n) is 13.3. The molecule has 0 radical (unpaired) electrons. The van der Waals surface area contributed by atoms with Crippen molar-refractivity contribution in [2.75, 3.05) is 25.5 Å². The molecular weight excluding hydrogens is 719 g/mol. The van der Waals surface area contributed by atoms with Crippen LogP contribution in [0.4, 0.5) is 5.82 Å². The van der Waals surface area contributed by atoms with Gasteiger partial charge in [-0.2, -0.15) is 0 Å². The molecule has 290 valence electrons. The number of hydrogen-bond acceptors (Lipinski definition) is 11. The van der Waals surface area contributed by atoms with Gasteiger partial charge in [0.05, 0.1) is 11.0 Å². The summed E-state index contributed by atoms with van der Waals surface area (Å²) in [6.07, 6.45) is 5.18. The van der Waals surface area contributed by atoms with Crippen LogP contribution in [0, 0.1) is 6.92 Å². The van der Waals surface area contributed by atoms with Crippen molar-refractivity contribution in [3.8, 4) is 5.75 Å². The molecular formula is C37H47N6O10P. The summed E-state index contributed by atoms with van der Waals surface area (Å²) in [5.74, 6) is -0.655. The fourth-order valence-electron chi connectivity index (χ4n) is 6.25. The number of hydrogen-bond donors (Lipinski definition) is 4. The summed E-state index contributed by atoms with van der Waals surface area (Å²) in [5.41, 5.74) is 11.4. The number of carbonyl (C=O) groups excluding carboxylic acids is 4. The molecule has 0 unspecified atom stereocenters. The van der Waals surface area contributed by atoms with Crippen molar-refractivity contribution in [1.29, 1.82) is 0 Å². The average molecular weight is 767 g/mol. The maximum Gasteiger partial charge on any atom is 0.524 e. The molecule has 0 bridgehead atoms. The molecule has 0 spiro atoms. The number of nitrogens with zero attached hydrogens (tertiary/aromatic N) is 4. The summed E-state index contributed by atoms with van der Waals surface area (Å²) in [5, 5.41) is 4.21. The van der Waals surface area contributed by atoms with Crippen LogP contribution in [-0.4, -0.2) is 72.8 Å². The third-order valence-corrected chi connectivity index (χ3v) is 9.36. The zero-order valence-corrected chi connectivity index (χ0v) is 31.4. The molecule has 1 aliphatic rings. The summed E-state index contributed by atoms with van der Waals surface area (Å²) in [6.45, 7) is 5.77. The van der Waals surface area contributed by atoms with Gasteiger partial charge >= 0.3 is 13.8 Å². The Morgan fingerprint density at radius 2 is 1.69 bits per heavy atom. The van der Waals surface area contributed by atoms with Gasteiger partial charge < -0.3 is 29.7 Å². The van der Waals surface area contributed by atoms with Crippen molar-refractivity contribution in [1.82, 2.24) is 24.9 Å². The van der Waals surface area contributed by atoms with E-state index in [1.54, 1.807) is 19.1 Å². The van der Waals surface area contributed by atoms with Crippen LogP contribution in [-0.2, 0) is 52.7 Å². The van der Waals surface area contributed by atoms with E-state index < -0.39 is 25.6 Å². The Kier molecular flexibility index (Phi) is 13.8. The van der Waals surface area contributed by atoms with Crippen molar-refractivity contribution in [2.24, 2.45) is 0 Å². The number of ether oxygens (including phenoxy) is 1. The molecule has 2 aromatic heterocycles. The fourth-order valence-corrected chi connectivity index (χ4v) is 6.71. The quantitative estimate of drug-likeness (QED) is 0.0550. The van der Waals surface area contributed by atoms with Crippen molar-refractivity contribution in [3.63, 3.8) is 0 Å². The Balaban J connectivity index is 1.10. The molecule has 1 aliphatic heterocycles. The van der Waals surface area contributed by atoms with Gasteiger partial charge in [0.25, 0.3) is 11.8 Å². The summed E-state index contributed by atoms with van der Waals surface area (Å²) in [6, 6.07) is 11.4. The number of carbonyl (C=O) groups is 4. The molecule has 54 heavy (non-hydrogen) atoms. The van der Waals surface area contributed by atoms with Gasteiger partial charge in [0, 0.05) is 63.8 Å². The summed E-state index contributed by atoms with van der Waals surface area (Å²) in [4.78, 5) is 79.9. The minimum Gasteiger partial charge on any atom is -0.404 e. The Hall–Kier alpha value is -4.89. The van der Waals surface area contributed by atoms with E-state index in [1.807, 2.05) is 18.2 Å². The largest absolute Gasteiger partial charge is 0.524 e. The lowest BCUT2D eigenvalue weighted by molar-refractivity contribution is -0.197. The summed E-state index contributed by atoms with van der Waals surface area (Å²) < 4.78 is 24.1. The van der Waals surface area contributed by atoms with Gasteiger partial charge in [0.2, 0.25) is 5.91 Å². The first kappa shape index (κ1) is 40.3. The normalized spacial score (nSPS) is 13.3. The number of nitrogen functional groups attached to an aromatic ring is 1.